The first kappa shape index (κ1) is 21.6. The molecule has 3 rings (SSSR count). The summed E-state index contributed by atoms with van der Waals surface area (Å²) in [6.45, 7) is 8.93. The molecule has 2 amide bonds. The Hall–Kier alpha value is -3.06. The van der Waals surface area contributed by atoms with Crippen LogP contribution in [0.25, 0.3) is 0 Å². The van der Waals surface area contributed by atoms with Crippen molar-refractivity contribution in [3.8, 4) is 11.5 Å². The van der Waals surface area contributed by atoms with Gasteiger partial charge in [0.2, 0.25) is 5.91 Å². The van der Waals surface area contributed by atoms with E-state index in [1.807, 2.05) is 69.4 Å². The lowest BCUT2D eigenvalue weighted by Crippen LogP contribution is -2.92. The number of nitrogens with two attached hydrogens (primary N) is 1. The van der Waals surface area contributed by atoms with Crippen molar-refractivity contribution in [3.05, 3.63) is 48.0 Å². The van der Waals surface area contributed by atoms with Crippen LogP contribution in [0.2, 0.25) is 0 Å². The van der Waals surface area contributed by atoms with Crippen molar-refractivity contribution >= 4 is 23.2 Å². The smallest absolute Gasteiger partial charge is 0.285 e. The molecule has 30 heavy (non-hydrogen) atoms. The first-order valence-corrected chi connectivity index (χ1v) is 10.4. The van der Waals surface area contributed by atoms with Gasteiger partial charge in [-0.2, -0.15) is 0 Å². The predicted molar refractivity (Wildman–Crippen MR) is 116 cm³/mol. The highest BCUT2D eigenvalue weighted by Crippen LogP contribution is 2.31. The molecule has 7 heteroatoms. The zero-order valence-corrected chi connectivity index (χ0v) is 18.0. The second-order valence-corrected chi connectivity index (χ2v) is 7.33. The first-order valence-electron chi connectivity index (χ1n) is 10.4. The topological polar surface area (TPSA) is 84.5 Å². The molecule has 7 nitrogen and oxygen atoms in total. The average Bonchev–Trinajstić information content (AvgIpc) is 2.74. The fraction of sp³-hybridized carbons (Fsp3) is 0.391. The Morgan fingerprint density at radius 2 is 1.80 bits per heavy atom. The van der Waals surface area contributed by atoms with Crippen LogP contribution in [0.1, 0.15) is 39.3 Å². The Bertz CT molecular complexity index is 915. The van der Waals surface area contributed by atoms with Gasteiger partial charge in [-0.05, 0) is 58.0 Å². The van der Waals surface area contributed by atoms with Gasteiger partial charge in [0.1, 0.15) is 12.6 Å². The van der Waals surface area contributed by atoms with Crippen molar-refractivity contribution in [2.24, 2.45) is 0 Å². The third kappa shape index (κ3) is 4.74. The van der Waals surface area contributed by atoms with E-state index < -0.39 is 0 Å². The molecule has 160 valence electrons. The van der Waals surface area contributed by atoms with Crippen molar-refractivity contribution in [1.82, 2.24) is 0 Å². The standard InChI is InChI=1S/C23H29N3O4/c1-5-29-20-12-11-17(13-21(20)30-6-2)15(3)24-16(4)23(28)26-14-22(27)25-18-9-7-8-10-19(18)26/h7-13,15-16,24H,5-6,14H2,1-4H3,(H,25,27)/p+1/t15-,16-/m1/s1. The molecule has 2 atom stereocenters. The van der Waals surface area contributed by atoms with Gasteiger partial charge in [0.25, 0.3) is 5.91 Å². The third-order valence-electron chi connectivity index (χ3n) is 5.10. The Morgan fingerprint density at radius 1 is 1.10 bits per heavy atom. The minimum atomic E-state index is -0.360. The summed E-state index contributed by atoms with van der Waals surface area (Å²) in [4.78, 5) is 26.8. The fourth-order valence-corrected chi connectivity index (χ4v) is 3.65. The number of carbonyl (C=O) groups excluding carboxylic acids is 2. The predicted octanol–water partition coefficient (Wildman–Crippen LogP) is 2.48. The third-order valence-corrected chi connectivity index (χ3v) is 5.10. The van der Waals surface area contributed by atoms with E-state index in [-0.39, 0.29) is 30.4 Å². The number of nitrogens with zero attached hydrogens (tertiary/aromatic N) is 1. The SMILES string of the molecule is CCOc1ccc([C@@H](C)[NH2+][C@H](C)C(=O)N2CC(=O)Nc3ccccc32)cc1OCC. The highest BCUT2D eigenvalue weighted by Gasteiger charge is 2.32. The van der Waals surface area contributed by atoms with E-state index in [0.717, 1.165) is 17.0 Å². The number of amides is 2. The van der Waals surface area contributed by atoms with Crippen LogP contribution in [0.3, 0.4) is 0 Å². The molecule has 0 saturated heterocycles. The van der Waals surface area contributed by atoms with Crippen LogP contribution in [0, 0.1) is 0 Å². The van der Waals surface area contributed by atoms with Gasteiger partial charge in [-0.15, -0.1) is 0 Å². The maximum Gasteiger partial charge on any atom is 0.285 e. The van der Waals surface area contributed by atoms with Gasteiger partial charge in [0.15, 0.2) is 17.5 Å². The van der Waals surface area contributed by atoms with E-state index in [2.05, 4.69) is 5.32 Å². The van der Waals surface area contributed by atoms with Crippen LogP contribution in [-0.4, -0.2) is 37.6 Å². The van der Waals surface area contributed by atoms with Gasteiger partial charge in [0.05, 0.1) is 24.6 Å². The zero-order chi connectivity index (χ0) is 21.7. The molecule has 0 saturated carbocycles. The summed E-state index contributed by atoms with van der Waals surface area (Å²) in [5.41, 5.74) is 2.43. The lowest BCUT2D eigenvalue weighted by Gasteiger charge is -2.30. The van der Waals surface area contributed by atoms with Crippen LogP contribution < -0.4 is 25.0 Å². The number of fused-ring (bicyclic) bond motifs is 1. The Morgan fingerprint density at radius 3 is 2.53 bits per heavy atom. The fourth-order valence-electron chi connectivity index (χ4n) is 3.65. The van der Waals surface area contributed by atoms with Crippen molar-refractivity contribution in [2.45, 2.75) is 39.8 Å². The van der Waals surface area contributed by atoms with Gasteiger partial charge in [0, 0.05) is 5.56 Å². The second kappa shape index (κ2) is 9.63. The van der Waals surface area contributed by atoms with Crippen LogP contribution in [0.15, 0.2) is 42.5 Å². The second-order valence-electron chi connectivity index (χ2n) is 7.33. The molecular weight excluding hydrogens is 382 g/mol. The number of benzene rings is 2. The molecule has 0 aliphatic carbocycles. The molecule has 0 aromatic heterocycles. The monoisotopic (exact) mass is 412 g/mol. The molecule has 1 aliphatic heterocycles. The normalized spacial score (nSPS) is 15.1. The highest BCUT2D eigenvalue weighted by molar-refractivity contribution is 6.10. The summed E-state index contributed by atoms with van der Waals surface area (Å²) in [7, 11) is 0. The highest BCUT2D eigenvalue weighted by atomic mass is 16.5. The average molecular weight is 413 g/mol. The molecule has 2 aromatic rings. The van der Waals surface area contributed by atoms with E-state index in [4.69, 9.17) is 9.47 Å². The molecule has 0 radical (unpaired) electrons. The first-order chi connectivity index (χ1) is 14.4. The summed E-state index contributed by atoms with van der Waals surface area (Å²) in [5.74, 6) is 1.14. The van der Waals surface area contributed by atoms with E-state index >= 15 is 0 Å². The number of quaternary nitrogens is 1. The summed E-state index contributed by atoms with van der Waals surface area (Å²) in [5, 5.41) is 4.82. The van der Waals surface area contributed by atoms with Crippen LogP contribution in [0.4, 0.5) is 11.4 Å². The number of carbonyl (C=O) groups is 2. The molecule has 2 aromatic carbocycles. The Balaban J connectivity index is 1.74. The zero-order valence-electron chi connectivity index (χ0n) is 18.0. The van der Waals surface area contributed by atoms with Crippen molar-refractivity contribution in [2.75, 3.05) is 30.0 Å². The Kier molecular flexibility index (Phi) is 6.95. The summed E-state index contributed by atoms with van der Waals surface area (Å²) in [6.07, 6.45) is 0. The minimum absolute atomic E-state index is 0.0210. The van der Waals surface area contributed by atoms with E-state index in [9.17, 15) is 9.59 Å². The molecule has 0 unspecified atom stereocenters. The number of nitrogens with one attached hydrogen (secondary N) is 1. The molecular formula is C23H30N3O4+. The van der Waals surface area contributed by atoms with Crippen molar-refractivity contribution in [1.29, 1.82) is 0 Å². The maximum atomic E-state index is 13.2. The molecule has 1 aliphatic rings. The van der Waals surface area contributed by atoms with E-state index in [0.29, 0.717) is 24.7 Å². The van der Waals surface area contributed by atoms with Gasteiger partial charge in [-0.3, -0.25) is 14.5 Å². The number of hydrogen-bond acceptors (Lipinski definition) is 4. The quantitative estimate of drug-likeness (QED) is 0.698. The summed E-state index contributed by atoms with van der Waals surface area (Å²) >= 11 is 0. The molecule has 3 N–H and O–H groups in total. The van der Waals surface area contributed by atoms with Gasteiger partial charge >= 0.3 is 0 Å². The van der Waals surface area contributed by atoms with Gasteiger partial charge in [-0.1, -0.05) is 12.1 Å². The van der Waals surface area contributed by atoms with Gasteiger partial charge < -0.3 is 20.1 Å². The number of hydrogen-bond donors (Lipinski definition) is 2. The lowest BCUT2D eigenvalue weighted by atomic mass is 10.1. The van der Waals surface area contributed by atoms with Crippen LogP contribution in [-0.2, 0) is 9.59 Å². The molecule has 0 fully saturated rings. The molecule has 1 heterocycles. The number of anilines is 2. The van der Waals surface area contributed by atoms with Crippen molar-refractivity contribution in [3.63, 3.8) is 0 Å². The number of rotatable bonds is 8. The summed E-state index contributed by atoms with van der Waals surface area (Å²) in [6, 6.07) is 12.9. The largest absolute Gasteiger partial charge is 0.490 e. The molecule has 0 spiro atoms. The van der Waals surface area contributed by atoms with Crippen molar-refractivity contribution < 1.29 is 24.4 Å². The van der Waals surface area contributed by atoms with Crippen LogP contribution >= 0.6 is 0 Å². The summed E-state index contributed by atoms with van der Waals surface area (Å²) < 4.78 is 11.4. The van der Waals surface area contributed by atoms with E-state index in [1.54, 1.807) is 11.0 Å². The lowest BCUT2D eigenvalue weighted by molar-refractivity contribution is -0.710. The minimum Gasteiger partial charge on any atom is -0.490 e. The van der Waals surface area contributed by atoms with Gasteiger partial charge in [-0.25, -0.2) is 0 Å². The number of ether oxygens (including phenoxy) is 2. The number of para-hydroxylation sites is 2. The Labute approximate surface area is 177 Å². The molecule has 0 bridgehead atoms. The van der Waals surface area contributed by atoms with Crippen LogP contribution in [0.5, 0.6) is 11.5 Å². The van der Waals surface area contributed by atoms with E-state index in [1.165, 1.54) is 0 Å². The maximum absolute atomic E-state index is 13.2.